The second kappa shape index (κ2) is 7.62. The van der Waals surface area contributed by atoms with Gasteiger partial charge < -0.3 is 16.4 Å². The lowest BCUT2D eigenvalue weighted by Gasteiger charge is -2.33. The molecule has 1 aliphatic carbocycles. The molecule has 0 heterocycles. The fourth-order valence-corrected chi connectivity index (χ4v) is 2.74. The fraction of sp³-hybridized carbons (Fsp3) is 0.867. The van der Waals surface area contributed by atoms with Gasteiger partial charge in [0.1, 0.15) is 6.04 Å². The Morgan fingerprint density at radius 2 is 1.90 bits per heavy atom. The summed E-state index contributed by atoms with van der Waals surface area (Å²) < 4.78 is 0. The van der Waals surface area contributed by atoms with Crippen LogP contribution in [0.25, 0.3) is 0 Å². The van der Waals surface area contributed by atoms with Gasteiger partial charge in [-0.1, -0.05) is 27.2 Å². The van der Waals surface area contributed by atoms with E-state index in [1.54, 1.807) is 6.92 Å². The third-order valence-corrected chi connectivity index (χ3v) is 4.01. The van der Waals surface area contributed by atoms with E-state index in [-0.39, 0.29) is 29.7 Å². The molecule has 0 radical (unpaired) electrons. The molecule has 0 spiro atoms. The molecule has 0 aromatic heterocycles. The maximum absolute atomic E-state index is 12.3. The van der Waals surface area contributed by atoms with Crippen LogP contribution in [0.1, 0.15) is 47.0 Å². The van der Waals surface area contributed by atoms with Gasteiger partial charge in [0.25, 0.3) is 0 Å². The Bertz CT molecular complexity index is 334. The van der Waals surface area contributed by atoms with Gasteiger partial charge in [-0.25, -0.2) is 0 Å². The number of carbonyl (C=O) groups is 2. The Balaban J connectivity index is 2.49. The summed E-state index contributed by atoms with van der Waals surface area (Å²) in [6, 6.07) is -0.604. The molecule has 4 atom stereocenters. The van der Waals surface area contributed by atoms with Gasteiger partial charge in [0.2, 0.25) is 11.8 Å². The molecule has 0 aromatic rings. The summed E-state index contributed by atoms with van der Waals surface area (Å²) >= 11 is 0. The van der Waals surface area contributed by atoms with E-state index in [1.165, 1.54) is 0 Å². The molecule has 5 nitrogen and oxygen atoms in total. The van der Waals surface area contributed by atoms with E-state index in [0.717, 1.165) is 19.3 Å². The third-order valence-electron chi connectivity index (χ3n) is 4.01. The molecule has 1 aliphatic rings. The van der Waals surface area contributed by atoms with Crippen LogP contribution in [0.4, 0.5) is 0 Å². The molecule has 0 aliphatic heterocycles. The summed E-state index contributed by atoms with van der Waals surface area (Å²) in [6.45, 7) is 8.47. The zero-order valence-corrected chi connectivity index (χ0v) is 13.1. The molecule has 0 saturated heterocycles. The Morgan fingerprint density at radius 1 is 1.25 bits per heavy atom. The summed E-state index contributed by atoms with van der Waals surface area (Å²) in [5.41, 5.74) is 6.06. The molecule has 0 bridgehead atoms. The average Bonchev–Trinajstić information content (AvgIpc) is 2.35. The zero-order chi connectivity index (χ0) is 15.3. The van der Waals surface area contributed by atoms with Crippen LogP contribution in [0.15, 0.2) is 0 Å². The first-order valence-corrected chi connectivity index (χ1v) is 7.66. The monoisotopic (exact) mass is 283 g/mol. The van der Waals surface area contributed by atoms with Crippen LogP contribution in [0.2, 0.25) is 0 Å². The highest BCUT2D eigenvalue weighted by Gasteiger charge is 2.34. The molecular weight excluding hydrogens is 254 g/mol. The molecule has 1 fully saturated rings. The van der Waals surface area contributed by atoms with Gasteiger partial charge in [-0.2, -0.15) is 0 Å². The third kappa shape index (κ3) is 4.78. The summed E-state index contributed by atoms with van der Waals surface area (Å²) in [5.74, 6) is 0.281. The number of nitrogens with two attached hydrogens (primary N) is 1. The molecule has 1 rings (SSSR count). The van der Waals surface area contributed by atoms with Crippen molar-refractivity contribution in [3.05, 3.63) is 0 Å². The average molecular weight is 283 g/mol. The smallest absolute Gasteiger partial charge is 0.242 e. The quantitative estimate of drug-likeness (QED) is 0.704. The Kier molecular flexibility index (Phi) is 6.46. The molecule has 0 aromatic carbocycles. The van der Waals surface area contributed by atoms with Crippen molar-refractivity contribution in [2.75, 3.05) is 6.54 Å². The molecule has 2 amide bonds. The molecule has 5 heteroatoms. The molecular formula is C15H29N3O2. The number of nitrogens with one attached hydrogen (secondary N) is 2. The van der Waals surface area contributed by atoms with Crippen molar-refractivity contribution in [1.29, 1.82) is 0 Å². The fourth-order valence-electron chi connectivity index (χ4n) is 2.74. The van der Waals surface area contributed by atoms with Crippen molar-refractivity contribution in [3.8, 4) is 0 Å². The van der Waals surface area contributed by atoms with Gasteiger partial charge in [-0.3, -0.25) is 9.59 Å². The van der Waals surface area contributed by atoms with Crippen molar-refractivity contribution in [2.45, 2.75) is 59.0 Å². The minimum Gasteiger partial charge on any atom is -0.354 e. The number of hydrogen-bond acceptors (Lipinski definition) is 3. The van der Waals surface area contributed by atoms with Gasteiger partial charge in [-0.05, 0) is 31.6 Å². The van der Waals surface area contributed by atoms with Gasteiger partial charge in [0.15, 0.2) is 0 Å². The first-order chi connectivity index (χ1) is 9.32. The SMILES string of the molecule is CC(C)CNC(=O)C(C)NC(=O)C1C(C)CCCC1N. The molecule has 1 saturated carbocycles. The van der Waals surface area contributed by atoms with Crippen LogP contribution in [0.3, 0.4) is 0 Å². The lowest BCUT2D eigenvalue weighted by Crippen LogP contribution is -2.52. The maximum Gasteiger partial charge on any atom is 0.242 e. The number of hydrogen-bond donors (Lipinski definition) is 3. The van der Waals surface area contributed by atoms with E-state index < -0.39 is 6.04 Å². The van der Waals surface area contributed by atoms with Gasteiger partial charge in [0, 0.05) is 12.6 Å². The van der Waals surface area contributed by atoms with Crippen LogP contribution >= 0.6 is 0 Å². The lowest BCUT2D eigenvalue weighted by molar-refractivity contribution is -0.133. The van der Waals surface area contributed by atoms with Crippen molar-refractivity contribution < 1.29 is 9.59 Å². The van der Waals surface area contributed by atoms with Crippen molar-refractivity contribution in [1.82, 2.24) is 10.6 Å². The highest BCUT2D eigenvalue weighted by atomic mass is 16.2. The normalized spacial score (nSPS) is 28.0. The van der Waals surface area contributed by atoms with Crippen molar-refractivity contribution >= 4 is 11.8 Å². The van der Waals surface area contributed by atoms with E-state index in [9.17, 15) is 9.59 Å². The zero-order valence-electron chi connectivity index (χ0n) is 13.1. The standard InChI is InChI=1S/C15H29N3O2/c1-9(2)8-17-14(19)11(4)18-15(20)13-10(3)6-5-7-12(13)16/h9-13H,5-8,16H2,1-4H3,(H,17,19)(H,18,20). The van der Waals surface area contributed by atoms with Crippen molar-refractivity contribution in [3.63, 3.8) is 0 Å². The van der Waals surface area contributed by atoms with Crippen molar-refractivity contribution in [2.24, 2.45) is 23.5 Å². The van der Waals surface area contributed by atoms with Crippen LogP contribution in [0.5, 0.6) is 0 Å². The second-order valence-electron chi connectivity index (χ2n) is 6.47. The molecule has 4 unspecified atom stereocenters. The van der Waals surface area contributed by atoms with E-state index in [1.807, 2.05) is 13.8 Å². The first kappa shape index (κ1) is 17.0. The van der Waals surface area contributed by atoms with E-state index in [0.29, 0.717) is 12.5 Å². The first-order valence-electron chi connectivity index (χ1n) is 7.66. The number of rotatable bonds is 5. The lowest BCUT2D eigenvalue weighted by atomic mass is 9.76. The number of carbonyl (C=O) groups excluding carboxylic acids is 2. The van der Waals surface area contributed by atoms with Gasteiger partial charge in [-0.15, -0.1) is 0 Å². The van der Waals surface area contributed by atoms with Gasteiger partial charge >= 0.3 is 0 Å². The van der Waals surface area contributed by atoms with Gasteiger partial charge in [0.05, 0.1) is 5.92 Å². The minimum atomic E-state index is -0.512. The van der Waals surface area contributed by atoms with Crippen LogP contribution in [-0.2, 0) is 9.59 Å². The molecule has 20 heavy (non-hydrogen) atoms. The van der Waals surface area contributed by atoms with E-state index in [2.05, 4.69) is 17.6 Å². The van der Waals surface area contributed by atoms with Crippen LogP contribution in [0, 0.1) is 17.8 Å². The second-order valence-corrected chi connectivity index (χ2v) is 6.47. The predicted molar refractivity (Wildman–Crippen MR) is 79.9 cm³/mol. The largest absolute Gasteiger partial charge is 0.354 e. The molecule has 116 valence electrons. The van der Waals surface area contributed by atoms with E-state index >= 15 is 0 Å². The van der Waals surface area contributed by atoms with Crippen LogP contribution < -0.4 is 16.4 Å². The number of amides is 2. The Labute approximate surface area is 122 Å². The topological polar surface area (TPSA) is 84.2 Å². The summed E-state index contributed by atoms with van der Waals surface area (Å²) in [5, 5.41) is 5.63. The minimum absolute atomic E-state index is 0.0862. The Morgan fingerprint density at radius 3 is 2.45 bits per heavy atom. The highest BCUT2D eigenvalue weighted by Crippen LogP contribution is 2.29. The van der Waals surface area contributed by atoms with Crippen LogP contribution in [-0.4, -0.2) is 30.4 Å². The summed E-state index contributed by atoms with van der Waals surface area (Å²) in [7, 11) is 0. The summed E-state index contributed by atoms with van der Waals surface area (Å²) in [6.07, 6.45) is 2.99. The molecule has 4 N–H and O–H groups in total. The predicted octanol–water partition coefficient (Wildman–Crippen LogP) is 1.03. The Hall–Kier alpha value is -1.10. The highest BCUT2D eigenvalue weighted by molar-refractivity contribution is 5.88. The maximum atomic E-state index is 12.3. The van der Waals surface area contributed by atoms with E-state index in [4.69, 9.17) is 5.73 Å². The summed E-state index contributed by atoms with van der Waals surface area (Å²) in [4.78, 5) is 24.2.